The topological polar surface area (TPSA) is 17.1 Å². The number of ketones is 1. The standard InChI is InChI=1S/C17H15F5O/c18-16(19,17(20,21)22)15(23)11-4-2-7-13-9-5-8-12-6-1-3-10-14(12)13/h1,3,5-6,8-10H,2,4,7,11H2. The average Bonchev–Trinajstić information content (AvgIpc) is 2.50. The van der Waals surface area contributed by atoms with Gasteiger partial charge in [0, 0.05) is 6.42 Å². The Bertz CT molecular complexity index is 685. The molecule has 2 aromatic carbocycles. The molecular formula is C17H15F5O. The van der Waals surface area contributed by atoms with Crippen molar-refractivity contribution < 1.29 is 26.7 Å². The normalized spacial score (nSPS) is 12.6. The van der Waals surface area contributed by atoms with E-state index in [0.717, 1.165) is 16.3 Å². The number of aryl methyl sites for hydroxylation is 1. The number of Topliss-reactive ketones (excluding diaryl/α,β-unsaturated/α-hetero) is 1. The second-order valence-electron chi connectivity index (χ2n) is 5.34. The molecule has 0 aromatic heterocycles. The molecule has 0 unspecified atom stereocenters. The zero-order valence-corrected chi connectivity index (χ0v) is 12.2. The first-order chi connectivity index (χ1) is 10.7. The largest absolute Gasteiger partial charge is 0.461 e. The molecule has 0 fully saturated rings. The van der Waals surface area contributed by atoms with Gasteiger partial charge < -0.3 is 0 Å². The fourth-order valence-corrected chi connectivity index (χ4v) is 2.43. The number of carbonyl (C=O) groups excluding carboxylic acids is 1. The van der Waals surface area contributed by atoms with Crippen molar-refractivity contribution in [1.82, 2.24) is 0 Å². The van der Waals surface area contributed by atoms with Gasteiger partial charge in [-0.05, 0) is 35.6 Å². The third kappa shape index (κ3) is 3.86. The van der Waals surface area contributed by atoms with Crippen LogP contribution in [0.4, 0.5) is 22.0 Å². The number of fused-ring (bicyclic) bond motifs is 1. The Balaban J connectivity index is 1.92. The highest BCUT2D eigenvalue weighted by Gasteiger charge is 2.62. The van der Waals surface area contributed by atoms with E-state index in [1.807, 2.05) is 42.5 Å². The molecule has 2 rings (SSSR count). The number of benzene rings is 2. The number of unbranched alkanes of at least 4 members (excludes halogenated alkanes) is 1. The second kappa shape index (κ2) is 6.64. The average molecular weight is 330 g/mol. The smallest absolute Gasteiger partial charge is 0.293 e. The molecule has 0 bridgehead atoms. The molecule has 0 radical (unpaired) electrons. The Labute approximate surface area is 130 Å². The highest BCUT2D eigenvalue weighted by atomic mass is 19.4. The summed E-state index contributed by atoms with van der Waals surface area (Å²) in [5.74, 6) is -7.32. The molecule has 6 heteroatoms. The Morgan fingerprint density at radius 2 is 1.52 bits per heavy atom. The van der Waals surface area contributed by atoms with Crippen molar-refractivity contribution >= 4 is 16.6 Å². The van der Waals surface area contributed by atoms with Gasteiger partial charge in [-0.15, -0.1) is 0 Å². The van der Waals surface area contributed by atoms with Gasteiger partial charge in [-0.2, -0.15) is 22.0 Å². The van der Waals surface area contributed by atoms with Gasteiger partial charge in [-0.25, -0.2) is 0 Å². The molecule has 0 heterocycles. The lowest BCUT2D eigenvalue weighted by molar-refractivity contribution is -0.268. The van der Waals surface area contributed by atoms with E-state index in [-0.39, 0.29) is 6.42 Å². The van der Waals surface area contributed by atoms with Crippen LogP contribution in [-0.4, -0.2) is 17.9 Å². The molecule has 0 N–H and O–H groups in total. The number of halogens is 5. The van der Waals surface area contributed by atoms with Gasteiger partial charge in [-0.3, -0.25) is 4.79 Å². The summed E-state index contributed by atoms with van der Waals surface area (Å²) in [5.41, 5.74) is 0.984. The van der Waals surface area contributed by atoms with Gasteiger partial charge in [0.15, 0.2) is 0 Å². The highest BCUT2D eigenvalue weighted by molar-refractivity contribution is 5.86. The Morgan fingerprint density at radius 1 is 0.870 bits per heavy atom. The summed E-state index contributed by atoms with van der Waals surface area (Å²) < 4.78 is 61.8. The third-order valence-electron chi connectivity index (χ3n) is 3.69. The summed E-state index contributed by atoms with van der Waals surface area (Å²) in [6, 6.07) is 13.3. The minimum atomic E-state index is -5.82. The number of carbonyl (C=O) groups is 1. The molecule has 0 spiro atoms. The second-order valence-corrected chi connectivity index (χ2v) is 5.34. The number of hydrogen-bond donors (Lipinski definition) is 0. The van der Waals surface area contributed by atoms with Crippen molar-refractivity contribution in [3.8, 4) is 0 Å². The summed E-state index contributed by atoms with van der Waals surface area (Å²) in [6.07, 6.45) is -5.72. The number of hydrogen-bond acceptors (Lipinski definition) is 1. The summed E-state index contributed by atoms with van der Waals surface area (Å²) in [5, 5.41) is 2.05. The van der Waals surface area contributed by atoms with E-state index >= 15 is 0 Å². The lowest BCUT2D eigenvalue weighted by atomic mass is 9.98. The fraction of sp³-hybridized carbons (Fsp3) is 0.353. The van der Waals surface area contributed by atoms with E-state index in [4.69, 9.17) is 0 Å². The quantitative estimate of drug-likeness (QED) is 0.517. The van der Waals surface area contributed by atoms with E-state index in [1.165, 1.54) is 0 Å². The van der Waals surface area contributed by atoms with Crippen LogP contribution in [0.2, 0.25) is 0 Å². The number of alkyl halides is 5. The van der Waals surface area contributed by atoms with E-state index in [2.05, 4.69) is 0 Å². The monoisotopic (exact) mass is 330 g/mol. The van der Waals surface area contributed by atoms with Crippen LogP contribution >= 0.6 is 0 Å². The van der Waals surface area contributed by atoms with Gasteiger partial charge >= 0.3 is 12.1 Å². The van der Waals surface area contributed by atoms with Crippen molar-refractivity contribution in [1.29, 1.82) is 0 Å². The van der Waals surface area contributed by atoms with Crippen molar-refractivity contribution in [2.75, 3.05) is 0 Å². The van der Waals surface area contributed by atoms with Gasteiger partial charge in [-0.1, -0.05) is 42.5 Å². The van der Waals surface area contributed by atoms with Crippen LogP contribution in [0.5, 0.6) is 0 Å². The molecule has 1 nitrogen and oxygen atoms in total. The Hall–Kier alpha value is -1.98. The first-order valence-corrected chi connectivity index (χ1v) is 7.18. The minimum Gasteiger partial charge on any atom is -0.293 e. The van der Waals surface area contributed by atoms with E-state index in [0.29, 0.717) is 12.8 Å². The lowest BCUT2D eigenvalue weighted by Gasteiger charge is -2.17. The van der Waals surface area contributed by atoms with E-state index in [1.54, 1.807) is 0 Å². The molecule has 0 saturated heterocycles. The molecule has 0 aliphatic heterocycles. The molecule has 0 aliphatic rings. The van der Waals surface area contributed by atoms with Gasteiger partial charge in [0.05, 0.1) is 0 Å². The van der Waals surface area contributed by atoms with Gasteiger partial charge in [0.2, 0.25) is 5.78 Å². The highest BCUT2D eigenvalue weighted by Crippen LogP contribution is 2.37. The molecule has 23 heavy (non-hydrogen) atoms. The van der Waals surface area contributed by atoms with Crippen LogP contribution in [0.25, 0.3) is 10.8 Å². The minimum absolute atomic E-state index is 0.00623. The predicted octanol–water partition coefficient (Wildman–Crippen LogP) is 5.32. The van der Waals surface area contributed by atoms with Gasteiger partial charge in [0.1, 0.15) is 0 Å². The molecule has 0 atom stereocenters. The molecule has 2 aromatic rings. The maximum Gasteiger partial charge on any atom is 0.461 e. The maximum atomic E-state index is 12.8. The van der Waals surface area contributed by atoms with Crippen molar-refractivity contribution in [3.63, 3.8) is 0 Å². The molecule has 0 saturated carbocycles. The SMILES string of the molecule is O=C(CCCCc1cccc2ccccc12)C(F)(F)C(F)(F)F. The van der Waals surface area contributed by atoms with Crippen LogP contribution in [0.1, 0.15) is 24.8 Å². The van der Waals surface area contributed by atoms with E-state index in [9.17, 15) is 26.7 Å². The molecule has 0 amide bonds. The molecule has 124 valence electrons. The maximum absolute atomic E-state index is 12.8. The Kier molecular flexibility index (Phi) is 5.02. The van der Waals surface area contributed by atoms with Crippen LogP contribution in [0.3, 0.4) is 0 Å². The van der Waals surface area contributed by atoms with Crippen molar-refractivity contribution in [2.24, 2.45) is 0 Å². The lowest BCUT2D eigenvalue weighted by Crippen LogP contribution is -2.43. The third-order valence-corrected chi connectivity index (χ3v) is 3.69. The van der Waals surface area contributed by atoms with Crippen LogP contribution < -0.4 is 0 Å². The molecular weight excluding hydrogens is 315 g/mol. The van der Waals surface area contributed by atoms with Crippen LogP contribution in [0.15, 0.2) is 42.5 Å². The number of rotatable bonds is 6. The Morgan fingerprint density at radius 3 is 2.22 bits per heavy atom. The fourth-order valence-electron chi connectivity index (χ4n) is 2.43. The predicted molar refractivity (Wildman–Crippen MR) is 77.5 cm³/mol. The summed E-state index contributed by atoms with van der Waals surface area (Å²) in [4.78, 5) is 11.1. The molecule has 0 aliphatic carbocycles. The zero-order chi connectivity index (χ0) is 17.1. The van der Waals surface area contributed by atoms with Crippen LogP contribution in [0, 0.1) is 0 Å². The van der Waals surface area contributed by atoms with Gasteiger partial charge in [0.25, 0.3) is 0 Å². The van der Waals surface area contributed by atoms with Crippen molar-refractivity contribution in [3.05, 3.63) is 48.0 Å². The first kappa shape index (κ1) is 17.4. The summed E-state index contributed by atoms with van der Waals surface area (Å²) >= 11 is 0. The van der Waals surface area contributed by atoms with Crippen molar-refractivity contribution in [2.45, 2.75) is 37.8 Å². The summed E-state index contributed by atoms with van der Waals surface area (Å²) in [6.45, 7) is 0. The van der Waals surface area contributed by atoms with E-state index < -0.39 is 24.3 Å². The zero-order valence-electron chi connectivity index (χ0n) is 12.2. The van der Waals surface area contributed by atoms with Crippen LogP contribution in [-0.2, 0) is 11.2 Å². The first-order valence-electron chi connectivity index (χ1n) is 7.18. The summed E-state index contributed by atoms with van der Waals surface area (Å²) in [7, 11) is 0.